The molecule has 4 N–H and O–H groups in total. The molecule has 1 aliphatic rings. The number of carboxylic acids is 2. The number of nitrogens with two attached hydrogens (primary N) is 1. The van der Waals surface area contributed by atoms with E-state index in [1.54, 1.807) is 11.3 Å². The fourth-order valence-electron chi connectivity index (χ4n) is 1.37. The Hall–Kier alpha value is -1.63. The van der Waals surface area contributed by atoms with Gasteiger partial charge in [0.25, 0.3) is 0 Å². The van der Waals surface area contributed by atoms with E-state index in [9.17, 15) is 0 Å². The van der Waals surface area contributed by atoms with E-state index in [-0.39, 0.29) is 0 Å². The fraction of sp³-hybridized carbons (Fsp3) is 0.444. The first-order valence-electron chi connectivity index (χ1n) is 4.71. The van der Waals surface area contributed by atoms with Gasteiger partial charge < -0.3 is 15.9 Å². The van der Waals surface area contributed by atoms with Gasteiger partial charge in [-0.25, -0.2) is 14.6 Å². The van der Waals surface area contributed by atoms with E-state index in [0.717, 1.165) is 11.6 Å². The molecule has 0 fully saturated rings. The number of carboxylic acid groups (broad SMARTS) is 2. The van der Waals surface area contributed by atoms with Gasteiger partial charge in [-0.05, 0) is 25.7 Å². The van der Waals surface area contributed by atoms with E-state index >= 15 is 0 Å². The van der Waals surface area contributed by atoms with Gasteiger partial charge in [-0.2, -0.15) is 0 Å². The third-order valence-corrected chi connectivity index (χ3v) is 3.03. The molecular weight excluding hydrogens is 232 g/mol. The van der Waals surface area contributed by atoms with Gasteiger partial charge in [0, 0.05) is 4.88 Å². The Morgan fingerprint density at radius 2 is 1.75 bits per heavy atom. The molecule has 1 aliphatic carbocycles. The van der Waals surface area contributed by atoms with Gasteiger partial charge in [0.2, 0.25) is 0 Å². The summed E-state index contributed by atoms with van der Waals surface area (Å²) >= 11 is 1.66. The Labute approximate surface area is 95.7 Å². The van der Waals surface area contributed by atoms with E-state index < -0.39 is 11.9 Å². The summed E-state index contributed by atoms with van der Waals surface area (Å²) in [7, 11) is 0. The molecule has 88 valence electrons. The predicted octanol–water partition coefficient (Wildman–Crippen LogP) is 0.760. The van der Waals surface area contributed by atoms with Crippen molar-refractivity contribution in [2.75, 3.05) is 5.73 Å². The first-order chi connectivity index (χ1) is 7.50. The number of nitrogen functional groups attached to an aromatic ring is 1. The number of fused-ring (bicyclic) bond motifs is 1. The second-order valence-corrected chi connectivity index (χ2v) is 4.35. The molecule has 0 unspecified atom stereocenters. The molecule has 0 amide bonds. The van der Waals surface area contributed by atoms with Crippen LogP contribution in [0.1, 0.15) is 23.4 Å². The molecule has 1 aromatic heterocycles. The minimum Gasteiger partial charge on any atom is -0.473 e. The molecule has 0 spiro atoms. The minimum absolute atomic E-state index is 0.743. The highest BCUT2D eigenvalue weighted by Crippen LogP contribution is 2.27. The first-order valence-corrected chi connectivity index (χ1v) is 5.52. The fourth-order valence-corrected chi connectivity index (χ4v) is 2.29. The second-order valence-electron chi connectivity index (χ2n) is 3.24. The number of aromatic nitrogens is 1. The van der Waals surface area contributed by atoms with E-state index in [0.29, 0.717) is 0 Å². The lowest BCUT2D eigenvalue weighted by molar-refractivity contribution is -0.159. The van der Waals surface area contributed by atoms with Crippen LogP contribution in [0.15, 0.2) is 0 Å². The maximum Gasteiger partial charge on any atom is 0.414 e. The van der Waals surface area contributed by atoms with E-state index in [4.69, 9.17) is 25.5 Å². The summed E-state index contributed by atoms with van der Waals surface area (Å²) in [5, 5.41) is 15.5. The number of hydrogen-bond acceptors (Lipinski definition) is 5. The molecule has 0 radical (unpaired) electrons. The summed E-state index contributed by atoms with van der Waals surface area (Å²) < 4.78 is 0. The number of carbonyl (C=O) groups is 2. The Balaban J connectivity index is 0.000000187. The van der Waals surface area contributed by atoms with Gasteiger partial charge in [-0.1, -0.05) is 0 Å². The van der Waals surface area contributed by atoms with Gasteiger partial charge in [-0.15, -0.1) is 11.3 Å². The zero-order valence-electron chi connectivity index (χ0n) is 8.47. The first kappa shape index (κ1) is 12.4. The summed E-state index contributed by atoms with van der Waals surface area (Å²) in [5.41, 5.74) is 6.82. The summed E-state index contributed by atoms with van der Waals surface area (Å²) in [6.45, 7) is 0. The Morgan fingerprint density at radius 3 is 2.25 bits per heavy atom. The van der Waals surface area contributed by atoms with Gasteiger partial charge >= 0.3 is 11.9 Å². The van der Waals surface area contributed by atoms with Crippen LogP contribution in [0.4, 0.5) is 5.13 Å². The van der Waals surface area contributed by atoms with Crippen LogP contribution in [0.5, 0.6) is 0 Å². The van der Waals surface area contributed by atoms with Crippen LogP contribution in [0.3, 0.4) is 0 Å². The van der Waals surface area contributed by atoms with Crippen LogP contribution in [0.2, 0.25) is 0 Å². The molecule has 1 aromatic rings. The van der Waals surface area contributed by atoms with Crippen molar-refractivity contribution in [3.63, 3.8) is 0 Å². The number of rotatable bonds is 0. The van der Waals surface area contributed by atoms with Crippen molar-refractivity contribution in [3.8, 4) is 0 Å². The van der Waals surface area contributed by atoms with Crippen molar-refractivity contribution in [2.45, 2.75) is 25.7 Å². The number of nitrogens with zero attached hydrogens (tertiary/aromatic N) is 1. The minimum atomic E-state index is -1.82. The maximum atomic E-state index is 9.10. The molecule has 0 saturated heterocycles. The van der Waals surface area contributed by atoms with Crippen molar-refractivity contribution in [3.05, 3.63) is 10.6 Å². The van der Waals surface area contributed by atoms with Crippen molar-refractivity contribution in [1.82, 2.24) is 4.98 Å². The van der Waals surface area contributed by atoms with Crippen molar-refractivity contribution in [2.24, 2.45) is 0 Å². The van der Waals surface area contributed by atoms with Gasteiger partial charge in [-0.3, -0.25) is 0 Å². The van der Waals surface area contributed by atoms with E-state index in [2.05, 4.69) is 4.98 Å². The number of aryl methyl sites for hydroxylation is 2. The zero-order chi connectivity index (χ0) is 12.1. The highest BCUT2D eigenvalue weighted by atomic mass is 32.1. The molecule has 16 heavy (non-hydrogen) atoms. The second kappa shape index (κ2) is 5.45. The number of thiazole rings is 1. The number of aliphatic carboxylic acids is 2. The average molecular weight is 244 g/mol. The highest BCUT2D eigenvalue weighted by molar-refractivity contribution is 7.15. The smallest absolute Gasteiger partial charge is 0.414 e. The van der Waals surface area contributed by atoms with Crippen LogP contribution in [0, 0.1) is 0 Å². The number of anilines is 1. The Kier molecular flexibility index (Phi) is 4.24. The molecule has 0 saturated carbocycles. The monoisotopic (exact) mass is 244 g/mol. The predicted molar refractivity (Wildman–Crippen MR) is 58.4 cm³/mol. The van der Waals surface area contributed by atoms with E-state index in [1.807, 2.05) is 0 Å². The molecule has 0 bridgehead atoms. The lowest BCUT2D eigenvalue weighted by Crippen LogP contribution is -2.09. The third-order valence-electron chi connectivity index (χ3n) is 2.05. The molecule has 0 aliphatic heterocycles. The Morgan fingerprint density at radius 1 is 1.19 bits per heavy atom. The van der Waals surface area contributed by atoms with Crippen LogP contribution in [0.25, 0.3) is 0 Å². The zero-order valence-corrected chi connectivity index (χ0v) is 9.29. The van der Waals surface area contributed by atoms with Gasteiger partial charge in [0.1, 0.15) is 0 Å². The largest absolute Gasteiger partial charge is 0.473 e. The normalized spacial score (nSPS) is 13.2. The van der Waals surface area contributed by atoms with Gasteiger partial charge in [0.15, 0.2) is 5.13 Å². The lowest BCUT2D eigenvalue weighted by Gasteiger charge is -2.06. The summed E-state index contributed by atoms with van der Waals surface area (Å²) in [5.74, 6) is -3.65. The van der Waals surface area contributed by atoms with Crippen LogP contribution >= 0.6 is 11.3 Å². The van der Waals surface area contributed by atoms with Crippen LogP contribution in [-0.2, 0) is 22.4 Å². The quantitative estimate of drug-likeness (QED) is 0.580. The lowest BCUT2D eigenvalue weighted by atomic mass is 10.0. The molecule has 7 heteroatoms. The van der Waals surface area contributed by atoms with Crippen molar-refractivity contribution >= 4 is 28.4 Å². The molecule has 1 heterocycles. The maximum absolute atomic E-state index is 9.10. The summed E-state index contributed by atoms with van der Waals surface area (Å²) in [4.78, 5) is 23.9. The SMILES string of the molecule is Nc1nc2c(s1)CCCC2.O=C(O)C(=O)O. The highest BCUT2D eigenvalue weighted by Gasteiger charge is 2.12. The average Bonchev–Trinajstić information content (AvgIpc) is 2.58. The number of hydrogen-bond donors (Lipinski definition) is 3. The summed E-state index contributed by atoms with van der Waals surface area (Å²) in [6, 6.07) is 0. The van der Waals surface area contributed by atoms with Crippen molar-refractivity contribution < 1.29 is 19.8 Å². The Bertz CT molecular complexity index is 367. The molecule has 6 nitrogen and oxygen atoms in total. The molecule has 0 aromatic carbocycles. The topological polar surface area (TPSA) is 114 Å². The van der Waals surface area contributed by atoms with Crippen molar-refractivity contribution in [1.29, 1.82) is 0 Å². The molecule has 2 rings (SSSR count). The standard InChI is InChI=1S/C7H10N2S.C2H2O4/c8-7-9-5-3-1-2-4-6(5)10-7;3-1(4)2(5)6/h1-4H2,(H2,8,9);(H,3,4)(H,5,6). The molecule has 0 atom stereocenters. The van der Waals surface area contributed by atoms with Crippen LogP contribution in [-0.4, -0.2) is 27.1 Å². The van der Waals surface area contributed by atoms with Crippen LogP contribution < -0.4 is 5.73 Å². The van der Waals surface area contributed by atoms with E-state index in [1.165, 1.54) is 29.8 Å². The van der Waals surface area contributed by atoms with Gasteiger partial charge in [0.05, 0.1) is 5.69 Å². The third kappa shape index (κ3) is 3.50. The molecular formula is C9H12N2O4S. The summed E-state index contributed by atoms with van der Waals surface area (Å²) in [6.07, 6.45) is 4.94.